The molecule has 0 atom stereocenters. The van der Waals surface area contributed by atoms with Crippen LogP contribution in [0.3, 0.4) is 0 Å². The molecule has 0 unspecified atom stereocenters. The molecule has 0 aliphatic carbocycles. The highest BCUT2D eigenvalue weighted by Crippen LogP contribution is 2.30. The van der Waals surface area contributed by atoms with E-state index in [2.05, 4.69) is 4.98 Å². The standard InChI is InChI=1S/C6H4Cl2N3.BF4/c7-11(8)6-4-2-1-3-5(6)10-9;2-1(3,4)5/h1-4H;/q+1;-1. The summed E-state index contributed by atoms with van der Waals surface area (Å²) in [6.45, 7) is 0. The summed E-state index contributed by atoms with van der Waals surface area (Å²) >= 11 is 10.8. The highest BCUT2D eigenvalue weighted by molar-refractivity contribution is 6.50. The normalized spacial score (nSPS) is 9.81. The molecule has 0 saturated carbocycles. The van der Waals surface area contributed by atoms with Gasteiger partial charge in [-0.25, -0.2) is 0 Å². The minimum atomic E-state index is -6.00. The minimum Gasteiger partial charge on any atom is -0.418 e. The van der Waals surface area contributed by atoms with E-state index in [1.165, 1.54) is 0 Å². The fraction of sp³-hybridized carbons (Fsp3) is 0. The molecule has 16 heavy (non-hydrogen) atoms. The number of hydrogen-bond acceptors (Lipinski definition) is 2. The van der Waals surface area contributed by atoms with Crippen molar-refractivity contribution >= 4 is 42.2 Å². The zero-order valence-electron chi connectivity index (χ0n) is 7.50. The van der Waals surface area contributed by atoms with Gasteiger partial charge in [0, 0.05) is 29.6 Å². The molecule has 0 aliphatic heterocycles. The topological polar surface area (TPSA) is 31.4 Å². The van der Waals surface area contributed by atoms with E-state index in [0.29, 0.717) is 11.4 Å². The largest absolute Gasteiger partial charge is 0.673 e. The lowest BCUT2D eigenvalue weighted by Crippen LogP contribution is -2.02. The van der Waals surface area contributed by atoms with Gasteiger partial charge in [0.05, 0.1) is 0 Å². The molecular formula is C6H4BCl2F4N3. The van der Waals surface area contributed by atoms with Crippen LogP contribution in [0.4, 0.5) is 28.6 Å². The summed E-state index contributed by atoms with van der Waals surface area (Å²) in [5, 5.41) is 8.45. The second kappa shape index (κ2) is 6.40. The Morgan fingerprint density at radius 1 is 1.12 bits per heavy atom. The lowest BCUT2D eigenvalue weighted by atomic mass is 10.3. The van der Waals surface area contributed by atoms with E-state index < -0.39 is 7.25 Å². The van der Waals surface area contributed by atoms with Crippen LogP contribution in [-0.4, -0.2) is 7.25 Å². The van der Waals surface area contributed by atoms with Crippen LogP contribution in [0.1, 0.15) is 0 Å². The number of rotatable bonds is 1. The van der Waals surface area contributed by atoms with Gasteiger partial charge < -0.3 is 17.3 Å². The van der Waals surface area contributed by atoms with Gasteiger partial charge in [0.2, 0.25) is 5.39 Å². The van der Waals surface area contributed by atoms with Crippen molar-refractivity contribution in [1.29, 1.82) is 5.39 Å². The first-order valence-corrected chi connectivity index (χ1v) is 4.36. The Bertz CT molecular complexity index is 373. The van der Waals surface area contributed by atoms with Gasteiger partial charge in [-0.3, -0.25) is 0 Å². The average Bonchev–Trinajstić information content (AvgIpc) is 2.15. The smallest absolute Gasteiger partial charge is 0.418 e. The van der Waals surface area contributed by atoms with Gasteiger partial charge in [-0.15, -0.1) is 0 Å². The fourth-order valence-corrected chi connectivity index (χ4v) is 0.978. The quantitative estimate of drug-likeness (QED) is 0.325. The third-order valence-electron chi connectivity index (χ3n) is 1.17. The van der Waals surface area contributed by atoms with Crippen molar-refractivity contribution in [3.63, 3.8) is 0 Å². The molecule has 0 aliphatic rings. The maximum Gasteiger partial charge on any atom is 0.673 e. The summed E-state index contributed by atoms with van der Waals surface area (Å²) in [5.41, 5.74) is 0.774. The van der Waals surface area contributed by atoms with Crippen molar-refractivity contribution in [2.75, 3.05) is 3.94 Å². The number of diazo groups is 1. The van der Waals surface area contributed by atoms with E-state index in [1.54, 1.807) is 24.3 Å². The summed E-state index contributed by atoms with van der Waals surface area (Å²) < 4.78 is 39.8. The monoisotopic (exact) mass is 275 g/mol. The number of para-hydroxylation sites is 1. The van der Waals surface area contributed by atoms with Crippen molar-refractivity contribution < 1.29 is 17.3 Å². The van der Waals surface area contributed by atoms with Gasteiger partial charge in [0.25, 0.3) is 0 Å². The Balaban J connectivity index is 0.000000385. The molecule has 0 aromatic heterocycles. The van der Waals surface area contributed by atoms with E-state index >= 15 is 0 Å². The lowest BCUT2D eigenvalue weighted by Gasteiger charge is -1.99. The van der Waals surface area contributed by atoms with E-state index in [9.17, 15) is 17.3 Å². The van der Waals surface area contributed by atoms with Gasteiger partial charge in [0.1, 0.15) is 0 Å². The molecule has 0 saturated heterocycles. The van der Waals surface area contributed by atoms with Gasteiger partial charge in [-0.2, -0.15) is 3.94 Å². The highest BCUT2D eigenvalue weighted by Gasteiger charge is 2.20. The summed E-state index contributed by atoms with van der Waals surface area (Å²) in [7, 11) is -6.00. The maximum absolute atomic E-state index is 9.75. The Labute approximate surface area is 98.5 Å². The van der Waals surface area contributed by atoms with Gasteiger partial charge in [0.15, 0.2) is 10.7 Å². The number of nitrogens with zero attached hydrogens (tertiary/aromatic N) is 3. The van der Waals surface area contributed by atoms with Crippen LogP contribution in [0.25, 0.3) is 4.98 Å². The van der Waals surface area contributed by atoms with Crippen LogP contribution < -0.4 is 3.94 Å². The van der Waals surface area contributed by atoms with Crippen LogP contribution in [0.5, 0.6) is 0 Å². The molecular weight excluding hydrogens is 272 g/mol. The maximum atomic E-state index is 9.75. The fourth-order valence-electron chi connectivity index (χ4n) is 0.692. The third kappa shape index (κ3) is 7.14. The van der Waals surface area contributed by atoms with Crippen LogP contribution in [0.2, 0.25) is 0 Å². The number of halogens is 6. The Morgan fingerprint density at radius 2 is 1.56 bits per heavy atom. The molecule has 88 valence electrons. The van der Waals surface area contributed by atoms with Gasteiger partial charge >= 0.3 is 12.9 Å². The summed E-state index contributed by atoms with van der Waals surface area (Å²) in [4.78, 5) is 2.98. The third-order valence-corrected chi connectivity index (χ3v) is 1.54. The van der Waals surface area contributed by atoms with Crippen LogP contribution >= 0.6 is 23.6 Å². The number of benzene rings is 1. The first kappa shape index (κ1) is 14.8. The molecule has 0 fully saturated rings. The van der Waals surface area contributed by atoms with E-state index in [-0.39, 0.29) is 0 Å². The van der Waals surface area contributed by atoms with Gasteiger partial charge in [-0.05, 0) is 6.07 Å². The van der Waals surface area contributed by atoms with Crippen LogP contribution in [0.15, 0.2) is 24.3 Å². The minimum absolute atomic E-state index is 0.331. The predicted octanol–water partition coefficient (Wildman–Crippen LogP) is 4.59. The Hall–Kier alpha value is -1.20. The molecule has 0 N–H and O–H groups in total. The Kier molecular flexibility index (Phi) is 5.92. The summed E-state index contributed by atoms with van der Waals surface area (Å²) in [6.07, 6.45) is 0. The highest BCUT2D eigenvalue weighted by atomic mass is 35.5. The van der Waals surface area contributed by atoms with E-state index in [0.717, 1.165) is 3.94 Å². The number of anilines is 1. The second-order valence-corrected chi connectivity index (χ2v) is 3.17. The molecule has 3 nitrogen and oxygen atoms in total. The average molecular weight is 276 g/mol. The Morgan fingerprint density at radius 3 is 1.88 bits per heavy atom. The molecule has 1 aromatic rings. The van der Waals surface area contributed by atoms with Crippen molar-refractivity contribution in [2.24, 2.45) is 0 Å². The predicted molar refractivity (Wildman–Crippen MR) is 55.6 cm³/mol. The SMILES string of the molecule is F[B-](F)(F)F.N#[N+]c1ccccc1N(Cl)Cl. The van der Waals surface area contributed by atoms with Crippen molar-refractivity contribution in [2.45, 2.75) is 0 Å². The summed E-state index contributed by atoms with van der Waals surface area (Å²) in [5.74, 6) is 0. The molecule has 1 rings (SSSR count). The molecule has 10 heteroatoms. The van der Waals surface area contributed by atoms with E-state index in [1.807, 2.05) is 0 Å². The molecule has 0 bridgehead atoms. The first-order chi connectivity index (χ1) is 7.25. The van der Waals surface area contributed by atoms with Gasteiger partial charge in [-0.1, -0.05) is 12.1 Å². The second-order valence-electron chi connectivity index (χ2n) is 2.32. The zero-order valence-corrected chi connectivity index (χ0v) is 9.01. The first-order valence-electron chi connectivity index (χ1n) is 3.69. The van der Waals surface area contributed by atoms with Crippen LogP contribution in [0, 0.1) is 5.39 Å². The number of hydrogen-bond donors (Lipinski definition) is 0. The summed E-state index contributed by atoms with van der Waals surface area (Å²) in [6, 6.07) is 6.68. The molecule has 0 heterocycles. The molecule has 0 radical (unpaired) electrons. The van der Waals surface area contributed by atoms with Crippen molar-refractivity contribution in [3.05, 3.63) is 29.2 Å². The molecule has 0 spiro atoms. The molecule has 0 amide bonds. The van der Waals surface area contributed by atoms with Crippen molar-refractivity contribution in [3.8, 4) is 0 Å². The van der Waals surface area contributed by atoms with Crippen molar-refractivity contribution in [1.82, 2.24) is 0 Å². The van der Waals surface area contributed by atoms with E-state index in [4.69, 9.17) is 28.9 Å². The van der Waals surface area contributed by atoms with Crippen LogP contribution in [-0.2, 0) is 0 Å². The molecule has 1 aromatic carbocycles. The lowest BCUT2D eigenvalue weighted by molar-refractivity contribution is 0.368. The zero-order chi connectivity index (χ0) is 12.8.